The Bertz CT molecular complexity index is 909. The summed E-state index contributed by atoms with van der Waals surface area (Å²) in [6.45, 7) is 4.51. The number of aromatic nitrogens is 2. The molecule has 1 heterocycles. The Balaban J connectivity index is 2.58. The molecular formula is C16H13Cl2F6N3O2. The summed E-state index contributed by atoms with van der Waals surface area (Å²) in [4.78, 5) is 11.8. The van der Waals surface area contributed by atoms with Crippen LogP contribution in [-0.4, -0.2) is 21.5 Å². The predicted octanol–water partition coefficient (Wildman–Crippen LogP) is 6.56. The Kier molecular flexibility index (Phi) is 6.06. The minimum absolute atomic E-state index is 0.206. The van der Waals surface area contributed by atoms with Gasteiger partial charge in [0, 0.05) is 0 Å². The molecule has 160 valence electrons. The number of rotatable bonds is 2. The van der Waals surface area contributed by atoms with Gasteiger partial charge in [0.2, 0.25) is 0 Å². The van der Waals surface area contributed by atoms with Crippen molar-refractivity contribution in [1.29, 1.82) is 0 Å². The lowest BCUT2D eigenvalue weighted by molar-refractivity contribution is -0.142. The molecule has 13 heteroatoms. The maximum absolute atomic E-state index is 13.6. The van der Waals surface area contributed by atoms with E-state index in [1.54, 1.807) is 0 Å². The minimum Gasteiger partial charge on any atom is -0.444 e. The fourth-order valence-corrected chi connectivity index (χ4v) is 2.87. The first kappa shape index (κ1) is 23.1. The summed E-state index contributed by atoms with van der Waals surface area (Å²) in [5, 5.41) is 3.96. The van der Waals surface area contributed by atoms with Crippen LogP contribution in [0.1, 0.15) is 32.0 Å². The summed E-state index contributed by atoms with van der Waals surface area (Å²) in [5.74, 6) is 0. The van der Waals surface area contributed by atoms with Crippen LogP contribution in [-0.2, 0) is 17.1 Å². The molecule has 0 aliphatic rings. The van der Waals surface area contributed by atoms with Crippen LogP contribution in [0.25, 0.3) is 5.69 Å². The van der Waals surface area contributed by atoms with Gasteiger partial charge in [-0.15, -0.1) is 0 Å². The van der Waals surface area contributed by atoms with Crippen LogP contribution >= 0.6 is 23.2 Å². The SMILES string of the molecule is CC(C)(C)OC(=O)Nc1cnn(-c2c(Cl)cc(C(F)(F)F)cc2Cl)c1C(F)(F)F. The molecule has 2 rings (SSSR count). The summed E-state index contributed by atoms with van der Waals surface area (Å²) >= 11 is 11.5. The second kappa shape index (κ2) is 7.60. The third kappa shape index (κ3) is 5.47. The molecule has 0 aliphatic heterocycles. The molecule has 0 fully saturated rings. The highest BCUT2D eigenvalue weighted by molar-refractivity contribution is 6.37. The van der Waals surface area contributed by atoms with E-state index < -0.39 is 56.7 Å². The summed E-state index contributed by atoms with van der Waals surface area (Å²) in [6.07, 6.45) is -10.4. The first-order valence-electron chi connectivity index (χ1n) is 7.72. The van der Waals surface area contributed by atoms with E-state index in [0.29, 0.717) is 18.3 Å². The molecule has 2 aromatic rings. The van der Waals surface area contributed by atoms with Crippen LogP contribution < -0.4 is 5.32 Å². The van der Waals surface area contributed by atoms with Crippen LogP contribution in [0, 0.1) is 0 Å². The van der Waals surface area contributed by atoms with Gasteiger partial charge in [0.25, 0.3) is 0 Å². The van der Waals surface area contributed by atoms with Gasteiger partial charge in [-0.05, 0) is 32.9 Å². The Morgan fingerprint density at radius 3 is 1.97 bits per heavy atom. The van der Waals surface area contributed by atoms with Crippen LogP contribution in [0.15, 0.2) is 18.3 Å². The lowest BCUT2D eigenvalue weighted by atomic mass is 10.2. The third-order valence-electron chi connectivity index (χ3n) is 3.23. The van der Waals surface area contributed by atoms with Crippen LogP contribution in [0.5, 0.6) is 0 Å². The molecule has 5 nitrogen and oxygen atoms in total. The predicted molar refractivity (Wildman–Crippen MR) is 93.4 cm³/mol. The fraction of sp³-hybridized carbons (Fsp3) is 0.375. The van der Waals surface area contributed by atoms with Crippen molar-refractivity contribution in [2.24, 2.45) is 0 Å². The molecule has 0 aliphatic carbocycles. The number of amides is 1. The Labute approximate surface area is 170 Å². The number of carbonyl (C=O) groups is 1. The van der Waals surface area contributed by atoms with Crippen LogP contribution in [0.2, 0.25) is 10.0 Å². The largest absolute Gasteiger partial charge is 0.444 e. The van der Waals surface area contributed by atoms with E-state index in [-0.39, 0.29) is 4.68 Å². The van der Waals surface area contributed by atoms with Gasteiger partial charge < -0.3 is 4.74 Å². The quantitative estimate of drug-likeness (QED) is 0.512. The van der Waals surface area contributed by atoms with Gasteiger partial charge in [-0.2, -0.15) is 31.4 Å². The molecule has 0 saturated heterocycles. The Morgan fingerprint density at radius 2 is 1.55 bits per heavy atom. The number of ether oxygens (including phenoxy) is 1. The highest BCUT2D eigenvalue weighted by Gasteiger charge is 2.41. The summed E-state index contributed by atoms with van der Waals surface area (Å²) in [5.41, 5.74) is -5.17. The zero-order valence-corrected chi connectivity index (χ0v) is 16.5. The normalized spacial score (nSPS) is 12.8. The lowest BCUT2D eigenvalue weighted by Gasteiger charge is -2.20. The van der Waals surface area contributed by atoms with E-state index in [2.05, 4.69) is 5.10 Å². The Morgan fingerprint density at radius 1 is 1.03 bits per heavy atom. The second-order valence-corrected chi connectivity index (χ2v) is 7.54. The molecule has 0 spiro atoms. The van der Waals surface area contributed by atoms with Crippen LogP contribution in [0.3, 0.4) is 0 Å². The van der Waals surface area contributed by atoms with E-state index in [0.717, 1.165) is 0 Å². The molecule has 0 saturated carbocycles. The zero-order chi connectivity index (χ0) is 22.4. The first-order chi connectivity index (χ1) is 13.0. The van der Waals surface area contributed by atoms with Gasteiger partial charge in [0.1, 0.15) is 11.3 Å². The lowest BCUT2D eigenvalue weighted by Crippen LogP contribution is -2.28. The number of hydrogen-bond donors (Lipinski definition) is 1. The highest BCUT2D eigenvalue weighted by Crippen LogP contribution is 2.42. The van der Waals surface area contributed by atoms with Crippen molar-refractivity contribution in [2.45, 2.75) is 38.7 Å². The van der Waals surface area contributed by atoms with E-state index in [1.165, 1.54) is 20.8 Å². The van der Waals surface area contributed by atoms with Crippen molar-refractivity contribution < 1.29 is 35.9 Å². The monoisotopic (exact) mass is 463 g/mol. The van der Waals surface area contributed by atoms with E-state index in [1.807, 2.05) is 5.32 Å². The summed E-state index contributed by atoms with van der Waals surface area (Å²) in [7, 11) is 0. The molecule has 0 bridgehead atoms. The van der Waals surface area contributed by atoms with Gasteiger partial charge in [-0.3, -0.25) is 5.32 Å². The molecule has 1 aromatic heterocycles. The van der Waals surface area contributed by atoms with E-state index in [9.17, 15) is 31.1 Å². The number of nitrogens with one attached hydrogen (secondary N) is 1. The maximum atomic E-state index is 13.6. The summed E-state index contributed by atoms with van der Waals surface area (Å²) < 4.78 is 84.5. The average molecular weight is 464 g/mol. The minimum atomic E-state index is -5.07. The maximum Gasteiger partial charge on any atom is 0.435 e. The molecule has 1 amide bonds. The molecule has 0 unspecified atom stereocenters. The average Bonchev–Trinajstić information content (AvgIpc) is 2.86. The van der Waals surface area contributed by atoms with E-state index >= 15 is 0 Å². The molecule has 0 radical (unpaired) electrons. The van der Waals surface area contributed by atoms with Crippen molar-refractivity contribution in [1.82, 2.24) is 9.78 Å². The van der Waals surface area contributed by atoms with E-state index in [4.69, 9.17) is 27.9 Å². The number of anilines is 1. The Hall–Kier alpha value is -2.14. The van der Waals surface area contributed by atoms with Gasteiger partial charge in [0.05, 0.1) is 27.5 Å². The molecule has 29 heavy (non-hydrogen) atoms. The second-order valence-electron chi connectivity index (χ2n) is 6.73. The topological polar surface area (TPSA) is 56.1 Å². The van der Waals surface area contributed by atoms with Crippen LogP contribution in [0.4, 0.5) is 36.8 Å². The molecular weight excluding hydrogens is 451 g/mol. The molecule has 1 N–H and O–H groups in total. The third-order valence-corrected chi connectivity index (χ3v) is 3.81. The van der Waals surface area contributed by atoms with Crippen molar-refractivity contribution in [3.63, 3.8) is 0 Å². The van der Waals surface area contributed by atoms with Gasteiger partial charge in [-0.25, -0.2) is 9.48 Å². The first-order valence-corrected chi connectivity index (χ1v) is 8.48. The smallest absolute Gasteiger partial charge is 0.435 e. The van der Waals surface area contributed by atoms with Crippen molar-refractivity contribution in [3.05, 3.63) is 39.6 Å². The zero-order valence-electron chi connectivity index (χ0n) is 15.0. The summed E-state index contributed by atoms with van der Waals surface area (Å²) in [6, 6.07) is 0.844. The number of nitrogens with zero attached hydrogens (tertiary/aromatic N) is 2. The number of carbonyl (C=O) groups excluding carboxylic acids is 1. The van der Waals surface area contributed by atoms with Crippen molar-refractivity contribution in [3.8, 4) is 5.69 Å². The number of halogens is 8. The van der Waals surface area contributed by atoms with Gasteiger partial charge in [-0.1, -0.05) is 23.2 Å². The van der Waals surface area contributed by atoms with Crippen molar-refractivity contribution >= 4 is 35.0 Å². The van der Waals surface area contributed by atoms with Gasteiger partial charge >= 0.3 is 18.4 Å². The number of alkyl halides is 6. The van der Waals surface area contributed by atoms with Crippen molar-refractivity contribution in [2.75, 3.05) is 5.32 Å². The molecule has 1 aromatic carbocycles. The standard InChI is InChI=1S/C16H13Cl2F6N3O2/c1-14(2,3)29-13(28)26-10-6-25-27(12(10)16(22,23)24)11-8(17)4-7(5-9(11)18)15(19,20)21/h4-6H,1-3H3,(H,26,28). The fourth-order valence-electron chi connectivity index (χ4n) is 2.23. The molecule has 0 atom stereocenters. The van der Waals surface area contributed by atoms with Gasteiger partial charge in [0.15, 0.2) is 5.69 Å². The highest BCUT2D eigenvalue weighted by atomic mass is 35.5. The number of hydrogen-bond acceptors (Lipinski definition) is 3. The number of benzene rings is 1.